The number of hydrogen-bond donors (Lipinski definition) is 4. The zero-order chi connectivity index (χ0) is 26.2. The van der Waals surface area contributed by atoms with Crippen LogP contribution in [0.25, 0.3) is 0 Å². The van der Waals surface area contributed by atoms with Gasteiger partial charge in [-0.1, -0.05) is 33.1 Å². The molecule has 36 heavy (non-hydrogen) atoms. The van der Waals surface area contributed by atoms with E-state index < -0.39 is 30.1 Å². The molecule has 0 aromatic heterocycles. The molecular weight excluding hydrogens is 464 g/mol. The van der Waals surface area contributed by atoms with E-state index in [1.807, 2.05) is 6.92 Å². The highest BCUT2D eigenvalue weighted by Crippen LogP contribution is 2.51. The average molecular weight is 505 g/mol. The largest absolute Gasteiger partial charge is 0.493 e. The predicted octanol–water partition coefficient (Wildman–Crippen LogP) is 2.02. The lowest BCUT2D eigenvalue weighted by Gasteiger charge is -2.41. The van der Waals surface area contributed by atoms with Crippen molar-refractivity contribution in [2.24, 2.45) is 0 Å². The summed E-state index contributed by atoms with van der Waals surface area (Å²) in [6.07, 6.45) is 4.71. The van der Waals surface area contributed by atoms with Crippen LogP contribution in [0.5, 0.6) is 11.5 Å². The Morgan fingerprint density at radius 1 is 1.14 bits per heavy atom. The maximum Gasteiger partial charge on any atom is 0.247 e. The van der Waals surface area contributed by atoms with Crippen LogP contribution in [0.4, 0.5) is 0 Å². The first-order chi connectivity index (χ1) is 17.4. The highest BCUT2D eigenvalue weighted by Gasteiger charge is 2.51. The Morgan fingerprint density at radius 3 is 2.56 bits per heavy atom. The van der Waals surface area contributed by atoms with E-state index in [1.165, 1.54) is 7.11 Å². The molecule has 1 aromatic carbocycles. The Bertz CT molecular complexity index is 948. The first-order valence-electron chi connectivity index (χ1n) is 13.0. The second-order valence-corrected chi connectivity index (χ2v) is 9.42. The summed E-state index contributed by atoms with van der Waals surface area (Å²) in [4.78, 5) is 28.1. The number of aliphatic hydroxyl groups excluding tert-OH is 3. The van der Waals surface area contributed by atoms with Gasteiger partial charge in [0.15, 0.2) is 11.5 Å². The summed E-state index contributed by atoms with van der Waals surface area (Å²) in [5.74, 6) is -0.260. The molecule has 9 heteroatoms. The lowest BCUT2D eigenvalue weighted by atomic mass is 9.77. The molecule has 0 bridgehead atoms. The molecule has 9 nitrogen and oxygen atoms in total. The van der Waals surface area contributed by atoms with Gasteiger partial charge < -0.3 is 35.0 Å². The summed E-state index contributed by atoms with van der Waals surface area (Å²) in [5, 5.41) is 33.3. The Labute approximate surface area is 213 Å². The average Bonchev–Trinajstić information content (AvgIpc) is 3.27. The van der Waals surface area contributed by atoms with Gasteiger partial charge in [-0.15, -0.1) is 0 Å². The van der Waals surface area contributed by atoms with Gasteiger partial charge in [0.2, 0.25) is 11.8 Å². The van der Waals surface area contributed by atoms with Crippen molar-refractivity contribution in [1.82, 2.24) is 10.2 Å². The van der Waals surface area contributed by atoms with Gasteiger partial charge >= 0.3 is 0 Å². The van der Waals surface area contributed by atoms with Gasteiger partial charge in [-0.2, -0.15) is 0 Å². The topological polar surface area (TPSA) is 129 Å². The summed E-state index contributed by atoms with van der Waals surface area (Å²) in [6, 6.07) is 2.69. The molecule has 3 rings (SSSR count). The molecule has 0 spiro atoms. The zero-order valence-electron chi connectivity index (χ0n) is 21.5. The minimum absolute atomic E-state index is 0.0708. The van der Waals surface area contributed by atoms with Crippen molar-refractivity contribution in [2.75, 3.05) is 26.8 Å². The van der Waals surface area contributed by atoms with Crippen molar-refractivity contribution in [3.8, 4) is 11.5 Å². The van der Waals surface area contributed by atoms with Gasteiger partial charge in [0.25, 0.3) is 0 Å². The number of carbonyl (C=O) groups is 2. The van der Waals surface area contributed by atoms with Crippen LogP contribution in [-0.2, 0) is 16.2 Å². The fraction of sp³-hybridized carbons (Fsp3) is 0.630. The third-order valence-electron chi connectivity index (χ3n) is 6.89. The Hall–Kier alpha value is -2.62. The number of hydrogen-bond acceptors (Lipinski definition) is 7. The Morgan fingerprint density at radius 2 is 1.92 bits per heavy atom. The monoisotopic (exact) mass is 504 g/mol. The van der Waals surface area contributed by atoms with Crippen LogP contribution in [0.15, 0.2) is 23.8 Å². The van der Waals surface area contributed by atoms with Crippen molar-refractivity contribution in [3.05, 3.63) is 34.9 Å². The Kier molecular flexibility index (Phi) is 10.2. The van der Waals surface area contributed by atoms with E-state index in [0.29, 0.717) is 47.6 Å². The van der Waals surface area contributed by atoms with Crippen molar-refractivity contribution in [2.45, 2.75) is 83.1 Å². The molecule has 0 radical (unpaired) electrons. The molecule has 0 saturated heterocycles. The van der Waals surface area contributed by atoms with Crippen LogP contribution in [0.3, 0.4) is 0 Å². The van der Waals surface area contributed by atoms with Gasteiger partial charge in [-0.25, -0.2) is 0 Å². The number of aliphatic hydroxyl groups is 3. The van der Waals surface area contributed by atoms with Crippen LogP contribution < -0.4 is 14.8 Å². The third-order valence-corrected chi connectivity index (χ3v) is 6.89. The number of methoxy groups -OCH3 is 1. The molecule has 4 N–H and O–H groups in total. The van der Waals surface area contributed by atoms with E-state index in [-0.39, 0.29) is 25.7 Å². The molecule has 4 atom stereocenters. The number of nitrogens with one attached hydrogen (secondary N) is 1. The molecular formula is C27H40N2O7. The number of rotatable bonds is 13. The fourth-order valence-corrected chi connectivity index (χ4v) is 5.13. The Balaban J connectivity index is 2.06. The van der Waals surface area contributed by atoms with Crippen molar-refractivity contribution in [1.29, 1.82) is 0 Å². The summed E-state index contributed by atoms with van der Waals surface area (Å²) < 4.78 is 11.7. The van der Waals surface area contributed by atoms with E-state index in [4.69, 9.17) is 9.47 Å². The molecule has 200 valence electrons. The SMILES string of the molecule is CCCCCCN(C(=O)CCC)[C@@H]1C=C(C(=O)NCCO)[C@@H]2c3cc(CO)cc(OC)c3O[C@@H]2[C@H]1O. The van der Waals surface area contributed by atoms with Crippen LogP contribution >= 0.6 is 0 Å². The second kappa shape index (κ2) is 13.1. The van der Waals surface area contributed by atoms with Gasteiger partial charge in [-0.3, -0.25) is 9.59 Å². The summed E-state index contributed by atoms with van der Waals surface area (Å²) >= 11 is 0. The maximum atomic E-state index is 13.3. The van der Waals surface area contributed by atoms with E-state index in [0.717, 1.165) is 25.7 Å². The van der Waals surface area contributed by atoms with E-state index in [1.54, 1.807) is 23.1 Å². The van der Waals surface area contributed by atoms with E-state index in [2.05, 4.69) is 12.2 Å². The molecule has 2 amide bonds. The minimum Gasteiger partial charge on any atom is -0.493 e. The molecule has 1 heterocycles. The summed E-state index contributed by atoms with van der Waals surface area (Å²) in [6.45, 7) is 4.17. The number of fused-ring (bicyclic) bond motifs is 3. The van der Waals surface area contributed by atoms with Crippen molar-refractivity contribution >= 4 is 11.8 Å². The van der Waals surface area contributed by atoms with Crippen LogP contribution in [0.2, 0.25) is 0 Å². The quantitative estimate of drug-likeness (QED) is 0.303. The smallest absolute Gasteiger partial charge is 0.247 e. The highest BCUT2D eigenvalue weighted by atomic mass is 16.5. The molecule has 0 fully saturated rings. The maximum absolute atomic E-state index is 13.3. The number of amides is 2. The molecule has 2 aliphatic rings. The molecule has 1 aromatic rings. The number of carbonyl (C=O) groups excluding carboxylic acids is 2. The van der Waals surface area contributed by atoms with Crippen LogP contribution in [0.1, 0.15) is 69.4 Å². The van der Waals surface area contributed by atoms with Gasteiger partial charge in [-0.05, 0) is 36.6 Å². The van der Waals surface area contributed by atoms with Crippen molar-refractivity contribution < 1.29 is 34.4 Å². The fourth-order valence-electron chi connectivity index (χ4n) is 5.13. The van der Waals surface area contributed by atoms with Gasteiger partial charge in [0.05, 0.1) is 32.3 Å². The number of nitrogens with zero attached hydrogens (tertiary/aromatic N) is 1. The number of benzene rings is 1. The molecule has 1 aliphatic heterocycles. The van der Waals surface area contributed by atoms with E-state index in [9.17, 15) is 24.9 Å². The van der Waals surface area contributed by atoms with Crippen LogP contribution in [0, 0.1) is 0 Å². The molecule has 1 aliphatic carbocycles. The predicted molar refractivity (Wildman–Crippen MR) is 135 cm³/mol. The summed E-state index contributed by atoms with van der Waals surface area (Å²) in [5.41, 5.74) is 1.60. The number of unbranched alkanes of at least 4 members (excludes halogenated alkanes) is 3. The van der Waals surface area contributed by atoms with E-state index >= 15 is 0 Å². The van der Waals surface area contributed by atoms with Gasteiger partial charge in [0.1, 0.15) is 12.2 Å². The molecule has 0 unspecified atom stereocenters. The standard InChI is InChI=1S/C27H40N2O7/c1-4-6-7-8-11-29(22(32)9-5-2)20-15-19(27(34)28-10-12-30)23-18-13-17(16-31)14-21(35-3)25(18)36-26(23)24(20)33/h13-15,20,23-24,26,30-31,33H,4-12,16H2,1-3H3,(H,28,34)/t20-,23+,24+,26+/m1/s1. The normalized spacial score (nSPS) is 22.2. The lowest BCUT2D eigenvalue weighted by molar-refractivity contribution is -0.137. The number of ether oxygens (including phenoxy) is 2. The van der Waals surface area contributed by atoms with Crippen molar-refractivity contribution in [3.63, 3.8) is 0 Å². The van der Waals surface area contributed by atoms with Crippen LogP contribution in [-0.4, -0.2) is 77.1 Å². The zero-order valence-corrected chi connectivity index (χ0v) is 21.5. The first-order valence-corrected chi connectivity index (χ1v) is 13.0. The third kappa shape index (κ3) is 5.85. The molecule has 0 saturated carbocycles. The summed E-state index contributed by atoms with van der Waals surface area (Å²) in [7, 11) is 1.49. The highest BCUT2D eigenvalue weighted by molar-refractivity contribution is 5.96. The minimum atomic E-state index is -1.08. The lowest BCUT2D eigenvalue weighted by Crippen LogP contribution is -2.56. The second-order valence-electron chi connectivity index (χ2n) is 9.42. The van der Waals surface area contributed by atoms with Gasteiger partial charge in [0, 0.05) is 30.6 Å². The first kappa shape index (κ1) is 28.0.